The van der Waals surface area contributed by atoms with Crippen LogP contribution in [0.15, 0.2) is 24.3 Å². The highest BCUT2D eigenvalue weighted by atomic mass is 19.1. The standard InChI is InChI=1S/C16H21FN2O2/c1-16(2,12-7-3-4-8-13(12)17)15(21)18-11-14(20)19-9-5-6-10-19/h3-4,7-8H,5-6,9-11H2,1-2H3,(H,18,21). The fourth-order valence-electron chi connectivity index (χ4n) is 2.55. The number of halogens is 1. The summed E-state index contributed by atoms with van der Waals surface area (Å²) in [6, 6.07) is 6.21. The molecule has 1 fully saturated rings. The molecule has 21 heavy (non-hydrogen) atoms. The van der Waals surface area contributed by atoms with Gasteiger partial charge in [-0.2, -0.15) is 0 Å². The predicted octanol–water partition coefficient (Wildman–Crippen LogP) is 1.84. The lowest BCUT2D eigenvalue weighted by molar-refractivity contribution is -0.133. The molecule has 1 aromatic rings. The first kappa shape index (κ1) is 15.5. The van der Waals surface area contributed by atoms with E-state index in [4.69, 9.17) is 0 Å². The Balaban J connectivity index is 1.98. The second-order valence-electron chi connectivity index (χ2n) is 5.88. The van der Waals surface area contributed by atoms with Crippen LogP contribution in [0, 0.1) is 5.82 Å². The Morgan fingerprint density at radius 1 is 1.24 bits per heavy atom. The van der Waals surface area contributed by atoms with E-state index in [1.54, 1.807) is 36.9 Å². The quantitative estimate of drug-likeness (QED) is 0.920. The number of nitrogens with one attached hydrogen (secondary N) is 1. The molecular formula is C16H21FN2O2. The maximum Gasteiger partial charge on any atom is 0.241 e. The van der Waals surface area contributed by atoms with Crippen molar-refractivity contribution in [1.29, 1.82) is 0 Å². The third-order valence-electron chi connectivity index (χ3n) is 3.97. The molecule has 0 aliphatic carbocycles. The molecule has 2 rings (SSSR count). The van der Waals surface area contributed by atoms with Crippen molar-refractivity contribution in [2.45, 2.75) is 32.1 Å². The monoisotopic (exact) mass is 292 g/mol. The molecule has 1 aliphatic rings. The van der Waals surface area contributed by atoms with Gasteiger partial charge in [0.05, 0.1) is 12.0 Å². The molecule has 1 saturated heterocycles. The number of benzene rings is 1. The van der Waals surface area contributed by atoms with Gasteiger partial charge in [0.1, 0.15) is 5.82 Å². The van der Waals surface area contributed by atoms with Crippen LogP contribution < -0.4 is 5.32 Å². The number of likely N-dealkylation sites (tertiary alicyclic amines) is 1. The minimum absolute atomic E-state index is 0.0310. The van der Waals surface area contributed by atoms with Gasteiger partial charge in [0.2, 0.25) is 11.8 Å². The smallest absolute Gasteiger partial charge is 0.241 e. The SMILES string of the molecule is CC(C)(C(=O)NCC(=O)N1CCCC1)c1ccccc1F. The van der Waals surface area contributed by atoms with Crippen molar-refractivity contribution in [3.8, 4) is 0 Å². The lowest BCUT2D eigenvalue weighted by Gasteiger charge is -2.25. The van der Waals surface area contributed by atoms with Crippen LogP contribution in [-0.4, -0.2) is 36.3 Å². The van der Waals surface area contributed by atoms with E-state index in [1.165, 1.54) is 6.07 Å². The Morgan fingerprint density at radius 3 is 2.48 bits per heavy atom. The number of amides is 2. The molecule has 0 saturated carbocycles. The lowest BCUT2D eigenvalue weighted by Crippen LogP contribution is -2.45. The molecule has 2 amide bonds. The number of hydrogen-bond donors (Lipinski definition) is 1. The first-order valence-electron chi connectivity index (χ1n) is 7.24. The Morgan fingerprint density at radius 2 is 1.86 bits per heavy atom. The van der Waals surface area contributed by atoms with Gasteiger partial charge >= 0.3 is 0 Å². The number of rotatable bonds is 4. The Hall–Kier alpha value is -1.91. The lowest BCUT2D eigenvalue weighted by atomic mass is 9.83. The van der Waals surface area contributed by atoms with Crippen LogP contribution in [0.5, 0.6) is 0 Å². The summed E-state index contributed by atoms with van der Waals surface area (Å²) in [5.41, 5.74) is -0.687. The highest BCUT2D eigenvalue weighted by Crippen LogP contribution is 2.25. The fourth-order valence-corrected chi connectivity index (χ4v) is 2.55. The number of hydrogen-bond acceptors (Lipinski definition) is 2. The number of carbonyl (C=O) groups excluding carboxylic acids is 2. The molecule has 1 aromatic carbocycles. The summed E-state index contributed by atoms with van der Waals surface area (Å²) in [6.45, 7) is 4.79. The summed E-state index contributed by atoms with van der Waals surface area (Å²) in [4.78, 5) is 26.0. The van der Waals surface area contributed by atoms with Gasteiger partial charge in [0.25, 0.3) is 0 Å². The molecule has 1 heterocycles. The van der Waals surface area contributed by atoms with E-state index in [0.717, 1.165) is 25.9 Å². The molecule has 0 spiro atoms. The van der Waals surface area contributed by atoms with Gasteiger partial charge in [0.15, 0.2) is 0 Å². The van der Waals surface area contributed by atoms with Crippen molar-refractivity contribution >= 4 is 11.8 Å². The van der Waals surface area contributed by atoms with Gasteiger partial charge in [-0.3, -0.25) is 9.59 Å². The average molecular weight is 292 g/mol. The molecule has 5 heteroatoms. The largest absolute Gasteiger partial charge is 0.346 e. The van der Waals surface area contributed by atoms with Crippen molar-refractivity contribution in [2.75, 3.05) is 19.6 Å². The molecule has 0 bridgehead atoms. The van der Waals surface area contributed by atoms with Crippen LogP contribution in [0.25, 0.3) is 0 Å². The van der Waals surface area contributed by atoms with Crippen molar-refractivity contribution in [1.82, 2.24) is 10.2 Å². The second-order valence-corrected chi connectivity index (χ2v) is 5.88. The van der Waals surface area contributed by atoms with Gasteiger partial charge < -0.3 is 10.2 Å². The Kier molecular flexibility index (Phi) is 4.60. The highest BCUT2D eigenvalue weighted by molar-refractivity contribution is 5.91. The zero-order valence-corrected chi connectivity index (χ0v) is 12.5. The van der Waals surface area contributed by atoms with Crippen LogP contribution in [0.4, 0.5) is 4.39 Å². The molecule has 0 atom stereocenters. The third-order valence-corrected chi connectivity index (χ3v) is 3.97. The van der Waals surface area contributed by atoms with Crippen molar-refractivity contribution in [2.24, 2.45) is 0 Å². The zero-order valence-electron chi connectivity index (χ0n) is 12.5. The van der Waals surface area contributed by atoms with Gasteiger partial charge in [0, 0.05) is 18.7 Å². The van der Waals surface area contributed by atoms with Crippen molar-refractivity contribution < 1.29 is 14.0 Å². The van der Waals surface area contributed by atoms with Gasteiger partial charge in [-0.15, -0.1) is 0 Å². The molecule has 1 N–H and O–H groups in total. The summed E-state index contributed by atoms with van der Waals surface area (Å²) < 4.78 is 13.8. The Bertz CT molecular complexity index is 537. The van der Waals surface area contributed by atoms with E-state index in [2.05, 4.69) is 5.32 Å². The average Bonchev–Trinajstić information content (AvgIpc) is 2.98. The highest BCUT2D eigenvalue weighted by Gasteiger charge is 2.32. The molecule has 0 aromatic heterocycles. The fraction of sp³-hybridized carbons (Fsp3) is 0.500. The molecule has 1 aliphatic heterocycles. The Labute approximate surface area is 124 Å². The van der Waals surface area contributed by atoms with Crippen molar-refractivity contribution in [3.63, 3.8) is 0 Å². The van der Waals surface area contributed by atoms with Crippen molar-refractivity contribution in [3.05, 3.63) is 35.6 Å². The number of carbonyl (C=O) groups is 2. The van der Waals surface area contributed by atoms with E-state index in [-0.39, 0.29) is 18.4 Å². The van der Waals surface area contributed by atoms with E-state index >= 15 is 0 Å². The number of nitrogens with zero attached hydrogens (tertiary/aromatic N) is 1. The summed E-state index contributed by atoms with van der Waals surface area (Å²) in [5, 5.41) is 2.63. The molecule has 0 radical (unpaired) electrons. The summed E-state index contributed by atoms with van der Waals surface area (Å²) in [6.07, 6.45) is 2.03. The molecular weight excluding hydrogens is 271 g/mol. The van der Waals surface area contributed by atoms with Crippen LogP contribution in [-0.2, 0) is 15.0 Å². The first-order chi connectivity index (χ1) is 9.93. The van der Waals surface area contributed by atoms with E-state index in [0.29, 0.717) is 5.56 Å². The first-order valence-corrected chi connectivity index (χ1v) is 7.24. The topological polar surface area (TPSA) is 49.4 Å². The van der Waals surface area contributed by atoms with Crippen LogP contribution in [0.3, 0.4) is 0 Å². The van der Waals surface area contributed by atoms with E-state index in [9.17, 15) is 14.0 Å². The predicted molar refractivity (Wildman–Crippen MR) is 78.2 cm³/mol. The molecule has 4 nitrogen and oxygen atoms in total. The normalized spacial score (nSPS) is 15.1. The van der Waals surface area contributed by atoms with Crippen LogP contribution >= 0.6 is 0 Å². The van der Waals surface area contributed by atoms with Crippen LogP contribution in [0.2, 0.25) is 0 Å². The van der Waals surface area contributed by atoms with Gasteiger partial charge in [-0.25, -0.2) is 4.39 Å². The third kappa shape index (κ3) is 3.40. The summed E-state index contributed by atoms with van der Waals surface area (Å²) in [7, 11) is 0. The summed E-state index contributed by atoms with van der Waals surface area (Å²) in [5.74, 6) is -0.839. The second kappa shape index (κ2) is 6.24. The molecule has 0 unspecified atom stereocenters. The maximum absolute atomic E-state index is 13.8. The van der Waals surface area contributed by atoms with Gasteiger partial charge in [-0.1, -0.05) is 18.2 Å². The summed E-state index contributed by atoms with van der Waals surface area (Å²) >= 11 is 0. The molecule has 114 valence electrons. The maximum atomic E-state index is 13.8. The minimum Gasteiger partial charge on any atom is -0.346 e. The van der Waals surface area contributed by atoms with E-state index < -0.39 is 11.2 Å². The van der Waals surface area contributed by atoms with E-state index in [1.807, 2.05) is 0 Å². The van der Waals surface area contributed by atoms with Crippen LogP contribution in [0.1, 0.15) is 32.3 Å². The van der Waals surface area contributed by atoms with Gasteiger partial charge in [-0.05, 0) is 32.8 Å². The zero-order chi connectivity index (χ0) is 15.5. The minimum atomic E-state index is -1.02.